The molecule has 4 unspecified atom stereocenters. The van der Waals surface area contributed by atoms with Crippen molar-refractivity contribution in [1.29, 1.82) is 0 Å². The van der Waals surface area contributed by atoms with Crippen LogP contribution in [0.15, 0.2) is 0 Å². The zero-order valence-corrected chi connectivity index (χ0v) is 23.7. The number of hydrogen-bond acceptors (Lipinski definition) is 1. The Bertz CT molecular complexity index is 436. The van der Waals surface area contributed by atoms with Crippen LogP contribution >= 0.6 is 0 Å². The van der Waals surface area contributed by atoms with Gasteiger partial charge in [0.25, 0.3) is 0 Å². The van der Waals surface area contributed by atoms with E-state index in [0.717, 1.165) is 17.8 Å². The Hall–Kier alpha value is -0.0400. The summed E-state index contributed by atoms with van der Waals surface area (Å²) in [6.07, 6.45) is 25.9. The van der Waals surface area contributed by atoms with Crippen LogP contribution in [0.25, 0.3) is 0 Å². The van der Waals surface area contributed by atoms with Crippen molar-refractivity contribution in [2.75, 3.05) is 13.6 Å². The van der Waals surface area contributed by atoms with Gasteiger partial charge in [-0.1, -0.05) is 119 Å². The monoisotopic (exact) mass is 449 g/mol. The molecule has 1 aliphatic carbocycles. The normalized spacial score (nSPS) is 31.4. The van der Waals surface area contributed by atoms with Gasteiger partial charge in [-0.15, -0.1) is 0 Å². The van der Waals surface area contributed by atoms with Gasteiger partial charge in [-0.05, 0) is 80.7 Å². The Morgan fingerprint density at radius 2 is 1.28 bits per heavy atom. The first-order valence-corrected chi connectivity index (χ1v) is 14.9. The first-order valence-electron chi connectivity index (χ1n) is 14.9. The zero-order chi connectivity index (χ0) is 23.9. The highest BCUT2D eigenvalue weighted by atomic mass is 14.8. The Morgan fingerprint density at radius 1 is 0.719 bits per heavy atom. The lowest BCUT2D eigenvalue weighted by Crippen LogP contribution is -2.22. The third-order valence-corrected chi connectivity index (χ3v) is 9.13. The molecule has 1 saturated carbocycles. The average Bonchev–Trinajstić information content (AvgIpc) is 2.73. The summed E-state index contributed by atoms with van der Waals surface area (Å²) in [5.74, 6) is 2.77. The fraction of sp³-hybridized carbons (Fsp3) is 1.00. The topological polar surface area (TPSA) is 12.0 Å². The van der Waals surface area contributed by atoms with Crippen molar-refractivity contribution in [2.24, 2.45) is 28.6 Å². The molecule has 0 aliphatic heterocycles. The van der Waals surface area contributed by atoms with Crippen molar-refractivity contribution in [3.63, 3.8) is 0 Å². The standard InChI is InChI=1S/C31H63N/c1-8-17-27-19-14-21-28(26-32-7)18-12-10-11-13-24-31(6,9-2)25-16-23-29(22-15-20-27)30(3,4)5/h27-29,32H,8-26H2,1-7H3. The molecular formula is C31H63N. The summed E-state index contributed by atoms with van der Waals surface area (Å²) >= 11 is 0. The number of rotatable bonds is 5. The molecule has 0 spiro atoms. The first-order chi connectivity index (χ1) is 15.2. The molecule has 4 atom stereocenters. The van der Waals surface area contributed by atoms with E-state index in [2.05, 4.69) is 53.9 Å². The zero-order valence-electron chi connectivity index (χ0n) is 23.7. The maximum Gasteiger partial charge on any atom is -0.00235 e. The maximum atomic E-state index is 3.49. The molecule has 1 rings (SSSR count). The Balaban J connectivity index is 2.78. The van der Waals surface area contributed by atoms with Crippen LogP contribution in [-0.4, -0.2) is 13.6 Å². The molecule has 192 valence electrons. The van der Waals surface area contributed by atoms with Gasteiger partial charge in [0.05, 0.1) is 0 Å². The fourth-order valence-electron chi connectivity index (χ4n) is 6.43. The lowest BCUT2D eigenvalue weighted by atomic mass is 9.72. The van der Waals surface area contributed by atoms with E-state index in [-0.39, 0.29) is 0 Å². The van der Waals surface area contributed by atoms with Gasteiger partial charge in [0.1, 0.15) is 0 Å². The van der Waals surface area contributed by atoms with E-state index in [1.165, 1.54) is 122 Å². The van der Waals surface area contributed by atoms with Crippen LogP contribution < -0.4 is 5.32 Å². The van der Waals surface area contributed by atoms with Crippen LogP contribution in [0.1, 0.15) is 157 Å². The number of hydrogen-bond donors (Lipinski definition) is 1. The van der Waals surface area contributed by atoms with Gasteiger partial charge in [-0.3, -0.25) is 0 Å². The van der Waals surface area contributed by atoms with Gasteiger partial charge in [0.15, 0.2) is 0 Å². The van der Waals surface area contributed by atoms with Crippen LogP contribution in [0.3, 0.4) is 0 Å². The summed E-state index contributed by atoms with van der Waals surface area (Å²) in [5.41, 5.74) is 1.04. The second kappa shape index (κ2) is 16.6. The molecule has 0 bridgehead atoms. The number of nitrogens with one attached hydrogen (secondary N) is 1. The molecule has 0 radical (unpaired) electrons. The largest absolute Gasteiger partial charge is 0.319 e. The van der Waals surface area contributed by atoms with E-state index in [1.807, 2.05) is 0 Å². The highest BCUT2D eigenvalue weighted by Gasteiger charge is 2.27. The Morgan fingerprint density at radius 3 is 1.91 bits per heavy atom. The van der Waals surface area contributed by atoms with Crippen molar-refractivity contribution in [2.45, 2.75) is 157 Å². The van der Waals surface area contributed by atoms with Gasteiger partial charge in [-0.2, -0.15) is 0 Å². The lowest BCUT2D eigenvalue weighted by molar-refractivity contribution is 0.176. The van der Waals surface area contributed by atoms with E-state index in [4.69, 9.17) is 0 Å². The third-order valence-electron chi connectivity index (χ3n) is 9.13. The van der Waals surface area contributed by atoms with Gasteiger partial charge < -0.3 is 5.32 Å². The van der Waals surface area contributed by atoms with Gasteiger partial charge in [0, 0.05) is 0 Å². The molecule has 32 heavy (non-hydrogen) atoms. The van der Waals surface area contributed by atoms with Crippen LogP contribution in [0.2, 0.25) is 0 Å². The predicted molar refractivity (Wildman–Crippen MR) is 146 cm³/mol. The summed E-state index contributed by atoms with van der Waals surface area (Å²) in [6.45, 7) is 16.1. The minimum atomic E-state index is 0.460. The van der Waals surface area contributed by atoms with Gasteiger partial charge >= 0.3 is 0 Å². The van der Waals surface area contributed by atoms with Crippen molar-refractivity contribution >= 4 is 0 Å². The second-order valence-electron chi connectivity index (χ2n) is 13.0. The molecule has 0 aromatic rings. The minimum absolute atomic E-state index is 0.460. The van der Waals surface area contributed by atoms with Crippen LogP contribution in [0.5, 0.6) is 0 Å². The van der Waals surface area contributed by atoms with Crippen LogP contribution in [0, 0.1) is 28.6 Å². The van der Waals surface area contributed by atoms with Gasteiger partial charge in [0.2, 0.25) is 0 Å². The van der Waals surface area contributed by atoms with E-state index in [1.54, 1.807) is 0 Å². The van der Waals surface area contributed by atoms with Crippen LogP contribution in [0.4, 0.5) is 0 Å². The van der Waals surface area contributed by atoms with E-state index >= 15 is 0 Å². The quantitative estimate of drug-likeness (QED) is 0.440. The van der Waals surface area contributed by atoms with E-state index in [9.17, 15) is 0 Å². The summed E-state index contributed by atoms with van der Waals surface area (Å²) in [5, 5.41) is 3.49. The Labute approximate surface area is 204 Å². The summed E-state index contributed by atoms with van der Waals surface area (Å²) in [6, 6.07) is 0. The molecule has 1 nitrogen and oxygen atoms in total. The molecule has 0 aromatic carbocycles. The van der Waals surface area contributed by atoms with E-state index < -0.39 is 0 Å². The molecule has 1 N–H and O–H groups in total. The average molecular weight is 450 g/mol. The summed E-state index contributed by atoms with van der Waals surface area (Å²) in [7, 11) is 2.14. The molecule has 0 aromatic heterocycles. The molecule has 1 heteroatoms. The van der Waals surface area contributed by atoms with Crippen molar-refractivity contribution in [1.82, 2.24) is 5.32 Å². The summed E-state index contributed by atoms with van der Waals surface area (Å²) in [4.78, 5) is 0. The predicted octanol–water partition coefficient (Wildman–Crippen LogP) is 10.2. The molecule has 0 heterocycles. The second-order valence-corrected chi connectivity index (χ2v) is 13.0. The van der Waals surface area contributed by atoms with Crippen LogP contribution in [-0.2, 0) is 0 Å². The maximum absolute atomic E-state index is 3.49. The van der Waals surface area contributed by atoms with Gasteiger partial charge in [-0.25, -0.2) is 0 Å². The molecule has 1 aliphatic rings. The minimum Gasteiger partial charge on any atom is -0.319 e. The summed E-state index contributed by atoms with van der Waals surface area (Å²) < 4.78 is 0. The first kappa shape index (κ1) is 30.0. The van der Waals surface area contributed by atoms with Crippen molar-refractivity contribution < 1.29 is 0 Å². The molecule has 1 fully saturated rings. The molecule has 0 amide bonds. The Kier molecular flexibility index (Phi) is 15.5. The van der Waals surface area contributed by atoms with Crippen molar-refractivity contribution in [3.05, 3.63) is 0 Å². The third kappa shape index (κ3) is 13.0. The lowest BCUT2D eigenvalue weighted by Gasteiger charge is -2.34. The molecular weight excluding hydrogens is 386 g/mol. The smallest absolute Gasteiger partial charge is 0.00235 e. The molecule has 0 saturated heterocycles. The van der Waals surface area contributed by atoms with E-state index in [0.29, 0.717) is 10.8 Å². The highest BCUT2D eigenvalue weighted by molar-refractivity contribution is 4.78. The fourth-order valence-corrected chi connectivity index (χ4v) is 6.43. The SMILES string of the molecule is CCCC1CCCC(CNC)CCCCCCC(C)(CC)CCCC(C(C)(C)C)CCC1. The highest BCUT2D eigenvalue weighted by Crippen LogP contribution is 2.39. The van der Waals surface area contributed by atoms with Crippen molar-refractivity contribution in [3.8, 4) is 0 Å².